The van der Waals surface area contributed by atoms with Gasteiger partial charge in [0.05, 0.1) is 11.7 Å². The van der Waals surface area contributed by atoms with Gasteiger partial charge in [-0.15, -0.1) is 11.3 Å². The van der Waals surface area contributed by atoms with E-state index in [1.807, 2.05) is 12.3 Å². The number of nitrogens with zero attached hydrogens (tertiary/aromatic N) is 1. The first kappa shape index (κ1) is 15.6. The normalized spacial score (nSPS) is 23.6. The Labute approximate surface area is 157 Å². The molecule has 2 heterocycles. The fourth-order valence-electron chi connectivity index (χ4n) is 4.14. The highest BCUT2D eigenvalue weighted by molar-refractivity contribution is 7.11. The van der Waals surface area contributed by atoms with E-state index in [1.165, 1.54) is 21.7 Å². The Morgan fingerprint density at radius 3 is 2.73 bits per heavy atom. The Morgan fingerprint density at radius 2 is 1.88 bits per heavy atom. The van der Waals surface area contributed by atoms with E-state index in [4.69, 9.17) is 0 Å². The third-order valence-corrected chi connectivity index (χ3v) is 6.22. The first-order valence-electron chi connectivity index (χ1n) is 9.08. The first-order valence-corrected chi connectivity index (χ1v) is 9.96. The van der Waals surface area contributed by atoms with Crippen LogP contribution in [0.2, 0.25) is 0 Å². The van der Waals surface area contributed by atoms with E-state index in [1.54, 1.807) is 11.3 Å². The zero-order valence-electron chi connectivity index (χ0n) is 14.4. The summed E-state index contributed by atoms with van der Waals surface area (Å²) in [6.45, 7) is 0. The van der Waals surface area contributed by atoms with Gasteiger partial charge in [0.1, 0.15) is 0 Å². The van der Waals surface area contributed by atoms with Crippen molar-refractivity contribution in [3.05, 3.63) is 94.2 Å². The van der Waals surface area contributed by atoms with Crippen molar-refractivity contribution < 1.29 is 0 Å². The summed E-state index contributed by atoms with van der Waals surface area (Å²) in [5.74, 6) is 1.11. The Hall–Kier alpha value is -2.65. The molecule has 26 heavy (non-hydrogen) atoms. The van der Waals surface area contributed by atoms with Crippen LogP contribution in [0.3, 0.4) is 0 Å². The fourth-order valence-corrected chi connectivity index (χ4v) is 4.73. The molecule has 3 aromatic rings. The van der Waals surface area contributed by atoms with E-state index in [0.717, 1.165) is 12.1 Å². The lowest BCUT2D eigenvalue weighted by Crippen LogP contribution is -2.28. The van der Waals surface area contributed by atoms with Crippen LogP contribution in [-0.2, 0) is 0 Å². The van der Waals surface area contributed by atoms with Gasteiger partial charge < -0.3 is 5.32 Å². The van der Waals surface area contributed by atoms with Crippen LogP contribution in [0, 0.1) is 5.92 Å². The molecule has 0 saturated heterocycles. The van der Waals surface area contributed by atoms with Gasteiger partial charge >= 0.3 is 0 Å². The van der Waals surface area contributed by atoms with E-state index in [2.05, 4.69) is 82.4 Å². The number of nitrogens with one attached hydrogen (secondary N) is 1. The smallest absolute Gasteiger partial charge is 0.0630 e. The molecule has 3 heteroatoms. The van der Waals surface area contributed by atoms with Crippen molar-refractivity contribution in [2.75, 3.05) is 5.32 Å². The number of para-hydroxylation sites is 1. The zero-order chi connectivity index (χ0) is 17.3. The largest absolute Gasteiger partial charge is 0.378 e. The predicted octanol–water partition coefficient (Wildman–Crippen LogP) is 6.33. The Bertz CT molecular complexity index is 954. The second-order valence-corrected chi connectivity index (χ2v) is 7.91. The molecular formula is C23H20N2S. The van der Waals surface area contributed by atoms with Crippen molar-refractivity contribution in [2.24, 2.45) is 10.9 Å². The average molecular weight is 356 g/mol. The van der Waals surface area contributed by atoms with Gasteiger partial charge in [-0.1, -0.05) is 48.6 Å². The average Bonchev–Trinajstić information content (AvgIpc) is 3.38. The molecule has 2 aromatic carbocycles. The topological polar surface area (TPSA) is 24.4 Å². The molecule has 0 unspecified atom stereocenters. The maximum atomic E-state index is 4.59. The number of allylic oxidation sites excluding steroid dienone is 2. The molecule has 0 spiro atoms. The van der Waals surface area contributed by atoms with Gasteiger partial charge in [0.2, 0.25) is 0 Å². The summed E-state index contributed by atoms with van der Waals surface area (Å²) in [4.78, 5) is 5.77. The van der Waals surface area contributed by atoms with Crippen LogP contribution < -0.4 is 5.32 Å². The van der Waals surface area contributed by atoms with E-state index in [-0.39, 0.29) is 0 Å². The van der Waals surface area contributed by atoms with Crippen LogP contribution in [0.4, 0.5) is 11.4 Å². The molecule has 2 nitrogen and oxygen atoms in total. The minimum absolute atomic E-state index is 0.347. The van der Waals surface area contributed by atoms with Gasteiger partial charge in [0.25, 0.3) is 0 Å². The molecule has 3 atom stereocenters. The molecule has 0 fully saturated rings. The van der Waals surface area contributed by atoms with Crippen LogP contribution in [0.25, 0.3) is 0 Å². The Balaban J connectivity index is 1.41. The van der Waals surface area contributed by atoms with Crippen LogP contribution >= 0.6 is 11.3 Å². The summed E-state index contributed by atoms with van der Waals surface area (Å²) in [6, 6.07) is 21.9. The lowest BCUT2D eigenvalue weighted by molar-refractivity contribution is 0.425. The third-order valence-electron chi connectivity index (χ3n) is 5.41. The standard InChI is InChI=1S/C23H20N2S/c1-2-9-22-20(6-1)19-7-3-8-21(19)23(25-22)16-10-12-17(13-11-16)24-15-18-5-4-14-26-18/h1-7,9-15,19,21,23,25H,8H2/t19-,21-,23+/m1/s1. The maximum absolute atomic E-state index is 4.59. The lowest BCUT2D eigenvalue weighted by Gasteiger charge is -2.37. The quantitative estimate of drug-likeness (QED) is 0.431. The van der Waals surface area contributed by atoms with Gasteiger partial charge in [-0.3, -0.25) is 4.99 Å². The number of hydrogen-bond acceptors (Lipinski definition) is 3. The maximum Gasteiger partial charge on any atom is 0.0630 e. The van der Waals surface area contributed by atoms with E-state index in [9.17, 15) is 0 Å². The van der Waals surface area contributed by atoms with Crippen molar-refractivity contribution in [1.29, 1.82) is 0 Å². The predicted molar refractivity (Wildman–Crippen MR) is 111 cm³/mol. The van der Waals surface area contributed by atoms with Crippen LogP contribution in [-0.4, -0.2) is 6.21 Å². The highest BCUT2D eigenvalue weighted by Gasteiger charge is 2.37. The summed E-state index contributed by atoms with van der Waals surface area (Å²) >= 11 is 1.71. The molecule has 0 radical (unpaired) electrons. The summed E-state index contributed by atoms with van der Waals surface area (Å²) < 4.78 is 0. The van der Waals surface area contributed by atoms with Crippen molar-refractivity contribution >= 4 is 28.9 Å². The Morgan fingerprint density at radius 1 is 1.00 bits per heavy atom. The van der Waals surface area contributed by atoms with E-state index < -0.39 is 0 Å². The summed E-state index contributed by atoms with van der Waals surface area (Å²) in [6.07, 6.45) is 7.80. The second kappa shape index (κ2) is 6.58. The number of fused-ring (bicyclic) bond motifs is 3. The summed E-state index contributed by atoms with van der Waals surface area (Å²) in [5.41, 5.74) is 5.04. The molecule has 1 N–H and O–H groups in total. The van der Waals surface area contributed by atoms with Gasteiger partial charge in [0, 0.05) is 22.7 Å². The van der Waals surface area contributed by atoms with Gasteiger partial charge in [-0.05, 0) is 53.1 Å². The minimum Gasteiger partial charge on any atom is -0.378 e. The first-order chi connectivity index (χ1) is 12.9. The second-order valence-electron chi connectivity index (χ2n) is 6.93. The number of anilines is 1. The van der Waals surface area contributed by atoms with E-state index >= 15 is 0 Å². The number of hydrogen-bond donors (Lipinski definition) is 1. The minimum atomic E-state index is 0.347. The molecular weight excluding hydrogens is 336 g/mol. The highest BCUT2D eigenvalue weighted by atomic mass is 32.1. The SMILES string of the molecule is C1=C[C@@H]2c3ccccc3N[C@@H](c3ccc(N=Cc4cccs4)cc3)[C@@H]2C1. The van der Waals surface area contributed by atoms with Gasteiger partial charge in [0.15, 0.2) is 0 Å². The molecule has 1 aliphatic carbocycles. The van der Waals surface area contributed by atoms with Crippen LogP contribution in [0.5, 0.6) is 0 Å². The van der Waals surface area contributed by atoms with Crippen molar-refractivity contribution in [1.82, 2.24) is 0 Å². The highest BCUT2D eigenvalue weighted by Crippen LogP contribution is 2.49. The number of rotatable bonds is 3. The van der Waals surface area contributed by atoms with Crippen LogP contribution in [0.1, 0.15) is 34.4 Å². The summed E-state index contributed by atoms with van der Waals surface area (Å²) in [7, 11) is 0. The zero-order valence-corrected chi connectivity index (χ0v) is 15.2. The van der Waals surface area contributed by atoms with Crippen molar-refractivity contribution in [3.8, 4) is 0 Å². The molecule has 5 rings (SSSR count). The molecule has 0 amide bonds. The van der Waals surface area contributed by atoms with Gasteiger partial charge in [-0.25, -0.2) is 0 Å². The molecule has 2 aliphatic rings. The van der Waals surface area contributed by atoms with Crippen LogP contribution in [0.15, 0.2) is 83.2 Å². The van der Waals surface area contributed by atoms with Crippen molar-refractivity contribution in [2.45, 2.75) is 18.4 Å². The lowest BCUT2D eigenvalue weighted by atomic mass is 9.77. The van der Waals surface area contributed by atoms with Crippen molar-refractivity contribution in [3.63, 3.8) is 0 Å². The molecule has 128 valence electrons. The molecule has 1 aromatic heterocycles. The molecule has 0 saturated carbocycles. The molecule has 0 bridgehead atoms. The molecule has 1 aliphatic heterocycles. The number of thiophene rings is 1. The third kappa shape index (κ3) is 2.78. The van der Waals surface area contributed by atoms with E-state index in [0.29, 0.717) is 17.9 Å². The number of aliphatic imine (C=N–C) groups is 1. The summed E-state index contributed by atoms with van der Waals surface area (Å²) in [5, 5.41) is 5.85. The number of benzene rings is 2. The monoisotopic (exact) mass is 356 g/mol. The Kier molecular flexibility index (Phi) is 3.95. The fraction of sp³-hybridized carbons (Fsp3) is 0.174. The van der Waals surface area contributed by atoms with Gasteiger partial charge in [-0.2, -0.15) is 0 Å².